The van der Waals surface area contributed by atoms with Gasteiger partial charge in [-0.3, -0.25) is 4.79 Å². The fourth-order valence-corrected chi connectivity index (χ4v) is 1.76. The van der Waals surface area contributed by atoms with E-state index in [1.165, 1.54) is 0 Å². The Morgan fingerprint density at radius 2 is 2.21 bits per heavy atom. The summed E-state index contributed by atoms with van der Waals surface area (Å²) < 4.78 is 0. The maximum atomic E-state index is 11.7. The Bertz CT molecular complexity index is 494. The number of hydrogen-bond acceptors (Lipinski definition) is 3. The minimum atomic E-state index is -0.0694. The molecular weight excluding hydrogens is 262 g/mol. The van der Waals surface area contributed by atoms with Gasteiger partial charge in [-0.1, -0.05) is 25.4 Å². The van der Waals surface area contributed by atoms with Crippen LogP contribution < -0.4 is 10.2 Å². The zero-order valence-corrected chi connectivity index (χ0v) is 12.2. The lowest BCUT2D eigenvalue weighted by Crippen LogP contribution is -2.37. The predicted molar refractivity (Wildman–Crippen MR) is 77.3 cm³/mol. The fourth-order valence-electron chi connectivity index (χ4n) is 1.59. The molecule has 0 saturated carbocycles. The van der Waals surface area contributed by atoms with Gasteiger partial charge in [0.15, 0.2) is 0 Å². The third kappa shape index (κ3) is 4.80. The van der Waals surface area contributed by atoms with E-state index in [1.54, 1.807) is 30.1 Å². The standard InChI is InChI=1S/C14H18ClN3O/c1-10(2)8-17-14(19)9-18(3)13-6-12(15)5-4-11(13)7-16/h4-6,10H,8-9H2,1-3H3,(H,17,19). The molecule has 0 spiro atoms. The lowest BCUT2D eigenvalue weighted by Gasteiger charge is -2.20. The number of carbonyl (C=O) groups excluding carboxylic acids is 1. The van der Waals surface area contributed by atoms with Gasteiger partial charge >= 0.3 is 0 Å². The van der Waals surface area contributed by atoms with Crippen LogP contribution in [0.25, 0.3) is 0 Å². The molecule has 19 heavy (non-hydrogen) atoms. The number of hydrogen-bond donors (Lipinski definition) is 1. The van der Waals surface area contributed by atoms with E-state index >= 15 is 0 Å². The summed E-state index contributed by atoms with van der Waals surface area (Å²) in [5.74, 6) is 0.343. The molecule has 0 atom stereocenters. The smallest absolute Gasteiger partial charge is 0.239 e. The number of likely N-dealkylation sites (N-methyl/N-ethyl adjacent to an activating group) is 1. The molecule has 0 aromatic heterocycles. The van der Waals surface area contributed by atoms with E-state index in [4.69, 9.17) is 16.9 Å². The highest BCUT2D eigenvalue weighted by Crippen LogP contribution is 2.23. The summed E-state index contributed by atoms with van der Waals surface area (Å²) in [5.41, 5.74) is 1.17. The van der Waals surface area contributed by atoms with Crippen LogP contribution in [0, 0.1) is 17.2 Å². The van der Waals surface area contributed by atoms with Gasteiger partial charge in [0.1, 0.15) is 6.07 Å². The van der Waals surface area contributed by atoms with Crippen LogP contribution in [-0.4, -0.2) is 26.0 Å². The van der Waals surface area contributed by atoms with Gasteiger partial charge in [0, 0.05) is 18.6 Å². The van der Waals surface area contributed by atoms with Crippen LogP contribution in [0.1, 0.15) is 19.4 Å². The quantitative estimate of drug-likeness (QED) is 0.900. The van der Waals surface area contributed by atoms with Gasteiger partial charge < -0.3 is 10.2 Å². The molecular formula is C14H18ClN3O. The average Bonchev–Trinajstić information content (AvgIpc) is 2.36. The van der Waals surface area contributed by atoms with Crippen molar-refractivity contribution in [2.45, 2.75) is 13.8 Å². The molecule has 1 aromatic rings. The van der Waals surface area contributed by atoms with Gasteiger partial charge in [-0.05, 0) is 24.1 Å². The predicted octanol–water partition coefficient (Wildman–Crippen LogP) is 2.42. The Morgan fingerprint density at radius 3 is 2.79 bits per heavy atom. The highest BCUT2D eigenvalue weighted by molar-refractivity contribution is 6.30. The monoisotopic (exact) mass is 279 g/mol. The van der Waals surface area contributed by atoms with Crippen molar-refractivity contribution in [2.24, 2.45) is 5.92 Å². The average molecular weight is 280 g/mol. The second kappa shape index (κ2) is 7.01. The third-order valence-corrected chi connectivity index (χ3v) is 2.81. The molecule has 0 bridgehead atoms. The van der Waals surface area contributed by atoms with Crippen molar-refractivity contribution in [1.29, 1.82) is 5.26 Å². The molecule has 0 heterocycles. The summed E-state index contributed by atoms with van der Waals surface area (Å²) in [7, 11) is 1.77. The first-order valence-electron chi connectivity index (χ1n) is 6.11. The molecule has 1 aromatic carbocycles. The van der Waals surface area contributed by atoms with Gasteiger partial charge in [0.25, 0.3) is 0 Å². The number of carbonyl (C=O) groups is 1. The summed E-state index contributed by atoms with van der Waals surface area (Å²) in [5, 5.41) is 12.4. The van der Waals surface area contributed by atoms with Crippen LogP contribution >= 0.6 is 11.6 Å². The fraction of sp³-hybridized carbons (Fsp3) is 0.429. The molecule has 0 aliphatic carbocycles. The van der Waals surface area contributed by atoms with Crippen LogP contribution in [0.15, 0.2) is 18.2 Å². The molecule has 0 unspecified atom stereocenters. The number of halogens is 1. The summed E-state index contributed by atoms with van der Waals surface area (Å²) in [6, 6.07) is 7.10. The van der Waals surface area contributed by atoms with Gasteiger partial charge in [-0.2, -0.15) is 5.26 Å². The minimum absolute atomic E-state index is 0.0694. The maximum Gasteiger partial charge on any atom is 0.239 e. The van der Waals surface area contributed by atoms with E-state index in [1.807, 2.05) is 13.8 Å². The lowest BCUT2D eigenvalue weighted by atomic mass is 10.2. The maximum absolute atomic E-state index is 11.7. The Labute approximate surface area is 119 Å². The summed E-state index contributed by atoms with van der Waals surface area (Å²) in [6.07, 6.45) is 0. The molecule has 1 N–H and O–H groups in total. The van der Waals surface area contributed by atoms with Gasteiger partial charge in [-0.15, -0.1) is 0 Å². The molecule has 0 aliphatic heterocycles. The molecule has 0 radical (unpaired) electrons. The number of benzene rings is 1. The molecule has 0 fully saturated rings. The van der Waals surface area contributed by atoms with Crippen LogP contribution in [0.5, 0.6) is 0 Å². The van der Waals surface area contributed by atoms with Gasteiger partial charge in [-0.25, -0.2) is 0 Å². The molecule has 0 saturated heterocycles. The normalized spacial score (nSPS) is 10.1. The van der Waals surface area contributed by atoms with Crippen molar-refractivity contribution in [1.82, 2.24) is 5.32 Å². The van der Waals surface area contributed by atoms with E-state index in [0.29, 0.717) is 28.7 Å². The zero-order valence-electron chi connectivity index (χ0n) is 11.4. The number of nitriles is 1. The highest BCUT2D eigenvalue weighted by Gasteiger charge is 2.12. The largest absolute Gasteiger partial charge is 0.364 e. The molecule has 102 valence electrons. The van der Waals surface area contributed by atoms with Gasteiger partial charge in [0.2, 0.25) is 5.91 Å². The van der Waals surface area contributed by atoms with Crippen molar-refractivity contribution in [3.05, 3.63) is 28.8 Å². The summed E-state index contributed by atoms with van der Waals surface area (Å²) in [6.45, 7) is 4.92. The first kappa shape index (κ1) is 15.3. The zero-order chi connectivity index (χ0) is 14.4. The molecule has 0 aliphatic rings. The van der Waals surface area contributed by atoms with Crippen LogP contribution in [0.2, 0.25) is 5.02 Å². The molecule has 5 heteroatoms. The second-order valence-corrected chi connectivity index (χ2v) is 5.26. The molecule has 1 amide bonds. The number of rotatable bonds is 5. The van der Waals surface area contributed by atoms with E-state index in [2.05, 4.69) is 11.4 Å². The Morgan fingerprint density at radius 1 is 1.53 bits per heavy atom. The number of anilines is 1. The Balaban J connectivity index is 2.73. The van der Waals surface area contributed by atoms with Crippen molar-refractivity contribution in [3.8, 4) is 6.07 Å². The van der Waals surface area contributed by atoms with E-state index in [0.717, 1.165) is 0 Å². The van der Waals surface area contributed by atoms with E-state index in [9.17, 15) is 4.79 Å². The summed E-state index contributed by atoms with van der Waals surface area (Å²) >= 11 is 5.92. The SMILES string of the molecule is CC(C)CNC(=O)CN(C)c1cc(Cl)ccc1C#N. The molecule has 4 nitrogen and oxygen atoms in total. The second-order valence-electron chi connectivity index (χ2n) is 4.83. The van der Waals surface area contributed by atoms with E-state index in [-0.39, 0.29) is 12.5 Å². The van der Waals surface area contributed by atoms with Crippen LogP contribution in [-0.2, 0) is 4.79 Å². The Hall–Kier alpha value is -1.73. The minimum Gasteiger partial charge on any atom is -0.364 e. The number of nitrogens with zero attached hydrogens (tertiary/aromatic N) is 2. The number of amides is 1. The van der Waals surface area contributed by atoms with Crippen LogP contribution in [0.4, 0.5) is 5.69 Å². The highest BCUT2D eigenvalue weighted by atomic mass is 35.5. The molecule has 1 rings (SSSR count). The van der Waals surface area contributed by atoms with Crippen LogP contribution in [0.3, 0.4) is 0 Å². The van der Waals surface area contributed by atoms with Crippen molar-refractivity contribution in [3.63, 3.8) is 0 Å². The number of nitrogens with one attached hydrogen (secondary N) is 1. The summed E-state index contributed by atoms with van der Waals surface area (Å²) in [4.78, 5) is 13.5. The topological polar surface area (TPSA) is 56.1 Å². The van der Waals surface area contributed by atoms with Crippen molar-refractivity contribution < 1.29 is 4.79 Å². The first-order valence-corrected chi connectivity index (χ1v) is 6.49. The first-order chi connectivity index (χ1) is 8.93. The third-order valence-electron chi connectivity index (χ3n) is 2.58. The van der Waals surface area contributed by atoms with E-state index < -0.39 is 0 Å². The van der Waals surface area contributed by atoms with Crippen molar-refractivity contribution >= 4 is 23.2 Å². The lowest BCUT2D eigenvalue weighted by molar-refractivity contribution is -0.119. The Kier molecular flexibility index (Phi) is 5.65. The van der Waals surface area contributed by atoms with Crippen molar-refractivity contribution in [2.75, 3.05) is 25.0 Å². The van der Waals surface area contributed by atoms with Gasteiger partial charge in [0.05, 0.1) is 17.8 Å².